The molecule has 1 aliphatic rings. The first kappa shape index (κ1) is 16.6. The summed E-state index contributed by atoms with van der Waals surface area (Å²) >= 11 is 6.29. The van der Waals surface area contributed by atoms with E-state index in [2.05, 4.69) is 23.2 Å². The van der Waals surface area contributed by atoms with Crippen LogP contribution >= 0.6 is 11.6 Å². The average Bonchev–Trinajstić information content (AvgIpc) is 2.99. The molecule has 0 spiro atoms. The maximum absolute atomic E-state index is 6.29. The molecule has 0 unspecified atom stereocenters. The predicted octanol–water partition coefficient (Wildman–Crippen LogP) is 3.70. The number of nitrogens with zero attached hydrogens (tertiary/aromatic N) is 1. The number of ether oxygens (including phenoxy) is 1. The van der Waals surface area contributed by atoms with E-state index in [9.17, 15) is 0 Å². The van der Waals surface area contributed by atoms with Gasteiger partial charge in [0.05, 0.1) is 11.6 Å². The fourth-order valence-corrected chi connectivity index (χ4v) is 2.97. The van der Waals surface area contributed by atoms with Gasteiger partial charge in [-0.05, 0) is 51.4 Å². The van der Waals surface area contributed by atoms with Crippen LogP contribution in [0.5, 0.6) is 5.75 Å². The Kier molecular flexibility index (Phi) is 7.34. The minimum Gasteiger partial charge on any atom is -0.492 e. The Morgan fingerprint density at radius 1 is 1.29 bits per heavy atom. The molecule has 0 amide bonds. The Morgan fingerprint density at radius 2 is 2.10 bits per heavy atom. The van der Waals surface area contributed by atoms with Crippen LogP contribution in [-0.4, -0.2) is 37.7 Å². The summed E-state index contributed by atoms with van der Waals surface area (Å²) in [6, 6.07) is 5.98. The third-order valence-corrected chi connectivity index (χ3v) is 4.15. The molecule has 3 nitrogen and oxygen atoms in total. The first-order valence-electron chi connectivity index (χ1n) is 8.14. The van der Waals surface area contributed by atoms with Crippen molar-refractivity contribution in [2.45, 2.75) is 39.2 Å². The van der Waals surface area contributed by atoms with E-state index in [1.165, 1.54) is 25.9 Å². The van der Waals surface area contributed by atoms with Crippen LogP contribution in [-0.2, 0) is 6.54 Å². The van der Waals surface area contributed by atoms with Gasteiger partial charge in [0, 0.05) is 18.7 Å². The lowest BCUT2D eigenvalue weighted by Gasteiger charge is -2.16. The van der Waals surface area contributed by atoms with E-state index in [0.717, 1.165) is 50.4 Å². The minimum absolute atomic E-state index is 0.715. The number of nitrogens with one attached hydrogen (secondary N) is 1. The van der Waals surface area contributed by atoms with Crippen LogP contribution in [0, 0.1) is 0 Å². The summed E-state index contributed by atoms with van der Waals surface area (Å²) in [5.41, 5.74) is 1.15. The topological polar surface area (TPSA) is 24.5 Å². The molecule has 0 saturated carbocycles. The average molecular weight is 311 g/mol. The number of hydrogen-bond donors (Lipinski definition) is 1. The number of para-hydroxylation sites is 1. The first-order valence-corrected chi connectivity index (χ1v) is 8.52. The van der Waals surface area contributed by atoms with Gasteiger partial charge in [-0.3, -0.25) is 0 Å². The lowest BCUT2D eigenvalue weighted by Crippen LogP contribution is -2.22. The highest BCUT2D eigenvalue weighted by atomic mass is 35.5. The molecule has 1 N–H and O–H groups in total. The molecule has 1 heterocycles. The van der Waals surface area contributed by atoms with Gasteiger partial charge in [0.2, 0.25) is 0 Å². The van der Waals surface area contributed by atoms with E-state index in [1.807, 2.05) is 12.1 Å². The molecule has 0 bridgehead atoms. The van der Waals surface area contributed by atoms with Crippen molar-refractivity contribution < 1.29 is 4.74 Å². The van der Waals surface area contributed by atoms with Crippen LogP contribution in [0.4, 0.5) is 0 Å². The Labute approximate surface area is 133 Å². The van der Waals surface area contributed by atoms with Crippen molar-refractivity contribution >= 4 is 11.6 Å². The van der Waals surface area contributed by atoms with E-state index >= 15 is 0 Å². The van der Waals surface area contributed by atoms with Crippen LogP contribution in [0.25, 0.3) is 0 Å². The fourth-order valence-electron chi connectivity index (χ4n) is 2.72. The quantitative estimate of drug-likeness (QED) is 0.704. The molecule has 4 heteroatoms. The first-order chi connectivity index (χ1) is 10.3. The minimum atomic E-state index is 0.715. The van der Waals surface area contributed by atoms with Crippen LogP contribution < -0.4 is 10.1 Å². The molecular formula is C17H27ClN2O. The van der Waals surface area contributed by atoms with Gasteiger partial charge in [-0.2, -0.15) is 0 Å². The molecule has 1 saturated heterocycles. The Bertz CT molecular complexity index is 419. The summed E-state index contributed by atoms with van der Waals surface area (Å²) in [6.45, 7) is 8.36. The molecule has 0 atom stereocenters. The van der Waals surface area contributed by atoms with Gasteiger partial charge in [-0.25, -0.2) is 0 Å². The molecule has 118 valence electrons. The van der Waals surface area contributed by atoms with Crippen molar-refractivity contribution in [3.63, 3.8) is 0 Å². The molecule has 1 aliphatic heterocycles. The largest absolute Gasteiger partial charge is 0.492 e. The van der Waals surface area contributed by atoms with Gasteiger partial charge in [0.15, 0.2) is 0 Å². The van der Waals surface area contributed by atoms with Crippen molar-refractivity contribution in [2.75, 3.05) is 32.8 Å². The number of likely N-dealkylation sites (tertiary alicyclic amines) is 1. The molecule has 0 aromatic heterocycles. The summed E-state index contributed by atoms with van der Waals surface area (Å²) in [4.78, 5) is 2.51. The van der Waals surface area contributed by atoms with Gasteiger partial charge in [-0.15, -0.1) is 0 Å². The Balaban J connectivity index is 1.79. The third kappa shape index (κ3) is 5.50. The van der Waals surface area contributed by atoms with Crippen molar-refractivity contribution in [1.29, 1.82) is 0 Å². The van der Waals surface area contributed by atoms with Crippen molar-refractivity contribution in [1.82, 2.24) is 10.2 Å². The van der Waals surface area contributed by atoms with Gasteiger partial charge in [0.1, 0.15) is 5.75 Å². The zero-order valence-corrected chi connectivity index (χ0v) is 13.8. The summed E-state index contributed by atoms with van der Waals surface area (Å²) in [6.07, 6.45) is 4.89. The molecule has 0 radical (unpaired) electrons. The van der Waals surface area contributed by atoms with E-state index in [-0.39, 0.29) is 0 Å². The second kappa shape index (κ2) is 9.29. The van der Waals surface area contributed by atoms with Gasteiger partial charge >= 0.3 is 0 Å². The highest BCUT2D eigenvalue weighted by Crippen LogP contribution is 2.28. The fraction of sp³-hybridized carbons (Fsp3) is 0.647. The predicted molar refractivity (Wildman–Crippen MR) is 89.2 cm³/mol. The number of hydrogen-bond acceptors (Lipinski definition) is 3. The third-order valence-electron chi connectivity index (χ3n) is 3.85. The molecule has 2 rings (SSSR count). The maximum Gasteiger partial charge on any atom is 0.142 e. The smallest absolute Gasteiger partial charge is 0.142 e. The molecule has 0 aliphatic carbocycles. The Hall–Kier alpha value is -0.770. The van der Waals surface area contributed by atoms with Gasteiger partial charge < -0.3 is 15.0 Å². The lowest BCUT2D eigenvalue weighted by molar-refractivity contribution is 0.261. The van der Waals surface area contributed by atoms with Gasteiger partial charge in [0.25, 0.3) is 0 Å². The SMILES string of the molecule is CCCNCc1cccc(Cl)c1OCCCN1CCCC1. The maximum atomic E-state index is 6.29. The summed E-state index contributed by atoms with van der Waals surface area (Å²) in [5, 5.41) is 4.12. The van der Waals surface area contributed by atoms with E-state index in [1.54, 1.807) is 0 Å². The monoisotopic (exact) mass is 310 g/mol. The number of benzene rings is 1. The zero-order chi connectivity index (χ0) is 14.9. The highest BCUT2D eigenvalue weighted by Gasteiger charge is 2.11. The van der Waals surface area contributed by atoms with E-state index in [0.29, 0.717) is 5.02 Å². The summed E-state index contributed by atoms with van der Waals surface area (Å²) in [5.74, 6) is 0.851. The Morgan fingerprint density at radius 3 is 2.86 bits per heavy atom. The van der Waals surface area contributed by atoms with E-state index < -0.39 is 0 Å². The molecule has 1 fully saturated rings. The van der Waals surface area contributed by atoms with Crippen LogP contribution in [0.3, 0.4) is 0 Å². The molecule has 1 aromatic carbocycles. The molecule has 21 heavy (non-hydrogen) atoms. The highest BCUT2D eigenvalue weighted by molar-refractivity contribution is 6.32. The summed E-state index contributed by atoms with van der Waals surface area (Å²) in [7, 11) is 0. The second-order valence-electron chi connectivity index (χ2n) is 5.66. The van der Waals surface area contributed by atoms with Gasteiger partial charge in [-0.1, -0.05) is 30.7 Å². The molecular weight excluding hydrogens is 284 g/mol. The van der Waals surface area contributed by atoms with Crippen LogP contribution in [0.15, 0.2) is 18.2 Å². The van der Waals surface area contributed by atoms with Crippen molar-refractivity contribution in [3.05, 3.63) is 28.8 Å². The zero-order valence-electron chi connectivity index (χ0n) is 13.0. The van der Waals surface area contributed by atoms with Crippen molar-refractivity contribution in [2.24, 2.45) is 0 Å². The lowest BCUT2D eigenvalue weighted by atomic mass is 10.2. The second-order valence-corrected chi connectivity index (χ2v) is 6.06. The normalized spacial score (nSPS) is 15.5. The van der Waals surface area contributed by atoms with Crippen molar-refractivity contribution in [3.8, 4) is 5.75 Å². The molecule has 1 aromatic rings. The summed E-state index contributed by atoms with van der Waals surface area (Å²) < 4.78 is 5.96. The van der Waals surface area contributed by atoms with E-state index in [4.69, 9.17) is 16.3 Å². The number of halogens is 1. The van der Waals surface area contributed by atoms with Crippen LogP contribution in [0.2, 0.25) is 5.02 Å². The van der Waals surface area contributed by atoms with Crippen LogP contribution in [0.1, 0.15) is 38.2 Å². The number of rotatable bonds is 9. The standard InChI is InChI=1S/C17H27ClN2O/c1-2-9-19-14-15-7-5-8-16(18)17(15)21-13-6-12-20-10-3-4-11-20/h5,7-8,19H,2-4,6,9-14H2,1H3.